The van der Waals surface area contributed by atoms with Gasteiger partial charge in [-0.1, -0.05) is 12.1 Å². The zero-order chi connectivity index (χ0) is 15.5. The van der Waals surface area contributed by atoms with Gasteiger partial charge in [0.1, 0.15) is 5.60 Å². The first kappa shape index (κ1) is 15.6. The number of likely N-dealkylation sites (tertiary alicyclic amines) is 1. The highest BCUT2D eigenvalue weighted by Crippen LogP contribution is 2.18. The molecule has 1 amide bonds. The van der Waals surface area contributed by atoms with E-state index >= 15 is 0 Å². The van der Waals surface area contributed by atoms with Crippen LogP contribution in [-0.4, -0.2) is 35.8 Å². The van der Waals surface area contributed by atoms with Crippen molar-refractivity contribution in [1.82, 2.24) is 4.90 Å². The number of nitrogens with zero attached hydrogens (tertiary/aromatic N) is 1. The molecule has 0 saturated carbocycles. The molecule has 1 aliphatic heterocycles. The number of benzene rings is 1. The van der Waals surface area contributed by atoms with E-state index in [0.29, 0.717) is 19.7 Å². The number of ether oxygens (including phenoxy) is 2. The summed E-state index contributed by atoms with van der Waals surface area (Å²) in [5, 5.41) is 0. The Morgan fingerprint density at radius 3 is 2.62 bits per heavy atom. The van der Waals surface area contributed by atoms with Crippen LogP contribution < -0.4 is 5.73 Å². The van der Waals surface area contributed by atoms with E-state index in [0.717, 1.165) is 17.7 Å². The van der Waals surface area contributed by atoms with Crippen molar-refractivity contribution < 1.29 is 14.3 Å². The van der Waals surface area contributed by atoms with Crippen molar-refractivity contribution in [2.24, 2.45) is 0 Å². The maximum absolute atomic E-state index is 12.0. The Balaban J connectivity index is 1.77. The molecule has 21 heavy (non-hydrogen) atoms. The molecular formula is C16H24N2O3. The fourth-order valence-electron chi connectivity index (χ4n) is 2.18. The Labute approximate surface area is 126 Å². The molecule has 0 radical (unpaired) electrons. The van der Waals surface area contributed by atoms with Crippen LogP contribution in [0.2, 0.25) is 0 Å². The van der Waals surface area contributed by atoms with Gasteiger partial charge >= 0.3 is 6.09 Å². The Kier molecular flexibility index (Phi) is 4.73. The zero-order valence-corrected chi connectivity index (χ0v) is 13.0. The Morgan fingerprint density at radius 2 is 2.00 bits per heavy atom. The van der Waals surface area contributed by atoms with E-state index in [1.54, 1.807) is 4.90 Å². The minimum Gasteiger partial charge on any atom is -0.444 e. The molecule has 116 valence electrons. The van der Waals surface area contributed by atoms with E-state index in [4.69, 9.17) is 15.2 Å². The predicted octanol–water partition coefficient (Wildman–Crippen LogP) is 2.79. The first-order valence-electron chi connectivity index (χ1n) is 7.27. The summed E-state index contributed by atoms with van der Waals surface area (Å²) in [7, 11) is 0. The lowest BCUT2D eigenvalue weighted by Gasteiger charge is -2.24. The lowest BCUT2D eigenvalue weighted by molar-refractivity contribution is 0.0184. The summed E-state index contributed by atoms with van der Waals surface area (Å²) >= 11 is 0. The number of hydrogen-bond donors (Lipinski definition) is 1. The van der Waals surface area contributed by atoms with Gasteiger partial charge in [0, 0.05) is 12.2 Å². The fourth-order valence-corrected chi connectivity index (χ4v) is 2.18. The lowest BCUT2D eigenvalue weighted by Crippen LogP contribution is -2.36. The summed E-state index contributed by atoms with van der Waals surface area (Å²) in [5.41, 5.74) is 7.02. The first-order valence-corrected chi connectivity index (χ1v) is 7.27. The summed E-state index contributed by atoms with van der Waals surface area (Å²) in [6, 6.07) is 7.63. The van der Waals surface area contributed by atoms with Crippen LogP contribution in [0.1, 0.15) is 32.8 Å². The van der Waals surface area contributed by atoms with Crippen molar-refractivity contribution in [2.75, 3.05) is 18.8 Å². The summed E-state index contributed by atoms with van der Waals surface area (Å²) in [4.78, 5) is 13.7. The average Bonchev–Trinajstić information content (AvgIpc) is 2.85. The van der Waals surface area contributed by atoms with Crippen molar-refractivity contribution in [1.29, 1.82) is 0 Å². The quantitative estimate of drug-likeness (QED) is 0.870. The van der Waals surface area contributed by atoms with Gasteiger partial charge in [-0.2, -0.15) is 0 Å². The van der Waals surface area contributed by atoms with E-state index < -0.39 is 5.60 Å². The molecule has 1 aromatic carbocycles. The second-order valence-corrected chi connectivity index (χ2v) is 6.39. The number of rotatable bonds is 3. The largest absolute Gasteiger partial charge is 0.444 e. The topological polar surface area (TPSA) is 64.8 Å². The predicted molar refractivity (Wildman–Crippen MR) is 81.9 cm³/mol. The lowest BCUT2D eigenvalue weighted by atomic mass is 10.2. The number of nitrogens with two attached hydrogens (primary N) is 1. The average molecular weight is 292 g/mol. The molecule has 5 heteroatoms. The van der Waals surface area contributed by atoms with Crippen LogP contribution in [0.15, 0.2) is 24.3 Å². The molecule has 0 aliphatic carbocycles. The molecule has 2 rings (SSSR count). The highest BCUT2D eigenvalue weighted by Gasteiger charge is 2.30. The normalized spacial score (nSPS) is 18.8. The Morgan fingerprint density at radius 1 is 1.33 bits per heavy atom. The number of carbonyl (C=O) groups excluding carboxylic acids is 1. The van der Waals surface area contributed by atoms with E-state index in [1.807, 2.05) is 45.0 Å². The van der Waals surface area contributed by atoms with Crippen LogP contribution in [0.5, 0.6) is 0 Å². The Bertz CT molecular complexity index is 479. The minimum atomic E-state index is -0.458. The second kappa shape index (κ2) is 6.35. The molecule has 2 N–H and O–H groups in total. The van der Waals surface area contributed by atoms with Crippen molar-refractivity contribution in [3.05, 3.63) is 29.8 Å². The molecule has 1 fully saturated rings. The minimum absolute atomic E-state index is 0.0649. The molecule has 5 nitrogen and oxygen atoms in total. The summed E-state index contributed by atoms with van der Waals surface area (Å²) in [6.45, 7) is 7.42. The van der Waals surface area contributed by atoms with E-state index in [-0.39, 0.29) is 12.2 Å². The van der Waals surface area contributed by atoms with Gasteiger partial charge in [0.25, 0.3) is 0 Å². The van der Waals surface area contributed by atoms with E-state index in [2.05, 4.69) is 0 Å². The van der Waals surface area contributed by atoms with Gasteiger partial charge in [-0.15, -0.1) is 0 Å². The van der Waals surface area contributed by atoms with Crippen molar-refractivity contribution >= 4 is 11.8 Å². The number of hydrogen-bond acceptors (Lipinski definition) is 4. The van der Waals surface area contributed by atoms with Gasteiger partial charge in [0.15, 0.2) is 0 Å². The van der Waals surface area contributed by atoms with Crippen molar-refractivity contribution in [2.45, 2.75) is 45.5 Å². The second-order valence-electron chi connectivity index (χ2n) is 6.39. The molecular weight excluding hydrogens is 268 g/mol. The van der Waals surface area contributed by atoms with Crippen LogP contribution in [0.3, 0.4) is 0 Å². The number of carbonyl (C=O) groups is 1. The van der Waals surface area contributed by atoms with Gasteiger partial charge in [0.2, 0.25) is 0 Å². The van der Waals surface area contributed by atoms with Crippen LogP contribution in [0, 0.1) is 0 Å². The molecule has 1 heterocycles. The Hall–Kier alpha value is -1.75. The fraction of sp³-hybridized carbons (Fsp3) is 0.562. The van der Waals surface area contributed by atoms with Crippen molar-refractivity contribution in [3.63, 3.8) is 0 Å². The van der Waals surface area contributed by atoms with Crippen LogP contribution >= 0.6 is 0 Å². The number of anilines is 1. The van der Waals surface area contributed by atoms with Gasteiger partial charge in [-0.3, -0.25) is 0 Å². The molecule has 0 spiro atoms. The third-order valence-corrected chi connectivity index (χ3v) is 3.26. The third kappa shape index (κ3) is 4.93. The van der Waals surface area contributed by atoms with Gasteiger partial charge in [-0.25, -0.2) is 4.79 Å². The van der Waals surface area contributed by atoms with Crippen molar-refractivity contribution in [3.8, 4) is 0 Å². The zero-order valence-electron chi connectivity index (χ0n) is 13.0. The van der Waals surface area contributed by atoms with Crippen LogP contribution in [0.25, 0.3) is 0 Å². The first-order chi connectivity index (χ1) is 9.83. The monoisotopic (exact) mass is 292 g/mol. The summed E-state index contributed by atoms with van der Waals surface area (Å²) < 4.78 is 11.2. The molecule has 1 saturated heterocycles. The van der Waals surface area contributed by atoms with Gasteiger partial charge in [-0.05, 0) is 44.9 Å². The van der Waals surface area contributed by atoms with Gasteiger partial charge < -0.3 is 20.1 Å². The smallest absolute Gasteiger partial charge is 0.410 e. The van der Waals surface area contributed by atoms with E-state index in [9.17, 15) is 4.79 Å². The maximum atomic E-state index is 12.0. The molecule has 0 aromatic heterocycles. The number of nitrogen functional groups attached to an aromatic ring is 1. The number of amides is 1. The highest BCUT2D eigenvalue weighted by atomic mass is 16.6. The SMILES string of the molecule is CC(C)(C)OC(=O)N1CC[C@H](OCc2ccc(N)cc2)C1. The van der Waals surface area contributed by atoms with Gasteiger partial charge in [0.05, 0.1) is 19.3 Å². The molecule has 1 atom stereocenters. The highest BCUT2D eigenvalue weighted by molar-refractivity contribution is 5.68. The molecule has 1 aliphatic rings. The van der Waals surface area contributed by atoms with E-state index in [1.165, 1.54) is 0 Å². The maximum Gasteiger partial charge on any atom is 0.410 e. The third-order valence-electron chi connectivity index (χ3n) is 3.26. The van der Waals surface area contributed by atoms with Crippen LogP contribution in [0.4, 0.5) is 10.5 Å². The standard InChI is InChI=1S/C16H24N2O3/c1-16(2,3)21-15(19)18-9-8-14(10-18)20-11-12-4-6-13(17)7-5-12/h4-7,14H,8-11,17H2,1-3H3/t14-/m0/s1. The summed E-state index contributed by atoms with van der Waals surface area (Å²) in [6.07, 6.45) is 0.643. The summed E-state index contributed by atoms with van der Waals surface area (Å²) in [5.74, 6) is 0. The molecule has 1 aromatic rings. The van der Waals surface area contributed by atoms with Crippen LogP contribution in [-0.2, 0) is 16.1 Å². The molecule has 0 bridgehead atoms. The molecule has 0 unspecified atom stereocenters.